The zero-order chi connectivity index (χ0) is 22.1. The molecule has 0 aliphatic carbocycles. The van der Waals surface area contributed by atoms with E-state index in [0.717, 1.165) is 16.0 Å². The molecule has 10 heteroatoms. The molecule has 3 aromatic rings. The third-order valence-corrected chi connectivity index (χ3v) is 6.99. The topological polar surface area (TPSA) is 72.8 Å². The first-order valence-corrected chi connectivity index (χ1v) is 11.8. The number of benzene rings is 2. The van der Waals surface area contributed by atoms with E-state index in [1.54, 1.807) is 13.2 Å². The van der Waals surface area contributed by atoms with Crippen LogP contribution >= 0.6 is 43.2 Å². The van der Waals surface area contributed by atoms with Crippen molar-refractivity contribution in [2.75, 3.05) is 19.5 Å². The van der Waals surface area contributed by atoms with Crippen molar-refractivity contribution in [3.8, 4) is 5.75 Å². The van der Waals surface area contributed by atoms with Gasteiger partial charge in [-0.2, -0.15) is 0 Å². The summed E-state index contributed by atoms with van der Waals surface area (Å²) in [4.78, 5) is 22.1. The number of carbonyl (C=O) groups excluding carboxylic acids is 1. The number of esters is 1. The first kappa shape index (κ1) is 21.9. The monoisotopic (exact) mass is 567 g/mol. The van der Waals surface area contributed by atoms with Gasteiger partial charge in [-0.25, -0.2) is 14.2 Å². The van der Waals surface area contributed by atoms with E-state index in [-0.39, 0.29) is 0 Å². The van der Waals surface area contributed by atoms with Crippen LogP contribution in [0.5, 0.6) is 5.75 Å². The van der Waals surface area contributed by atoms with Gasteiger partial charge in [0.2, 0.25) is 0 Å². The molecule has 0 fully saturated rings. The van der Waals surface area contributed by atoms with Crippen molar-refractivity contribution in [1.82, 2.24) is 10.3 Å². The minimum absolute atomic E-state index is 0.346. The zero-order valence-electron chi connectivity index (χ0n) is 16.4. The molecule has 6 nitrogen and oxygen atoms in total. The van der Waals surface area contributed by atoms with Gasteiger partial charge in [0.1, 0.15) is 17.6 Å². The fourth-order valence-corrected chi connectivity index (χ4v) is 5.20. The number of hydrogen-bond acceptors (Lipinski definition) is 7. The van der Waals surface area contributed by atoms with Crippen molar-refractivity contribution in [2.24, 2.45) is 4.99 Å². The van der Waals surface area contributed by atoms with E-state index in [1.807, 2.05) is 18.2 Å². The first-order chi connectivity index (χ1) is 14.9. The number of hydrogen-bond donors (Lipinski definition) is 1. The van der Waals surface area contributed by atoms with Gasteiger partial charge >= 0.3 is 5.97 Å². The number of amidine groups is 1. The Morgan fingerprint density at radius 1 is 1.26 bits per heavy atom. The van der Waals surface area contributed by atoms with E-state index in [0.29, 0.717) is 37.5 Å². The van der Waals surface area contributed by atoms with Gasteiger partial charge in [-0.15, -0.1) is 11.3 Å². The lowest BCUT2D eigenvalue weighted by molar-refractivity contribution is -0.136. The third kappa shape index (κ3) is 4.24. The number of aromatic nitrogens is 1. The minimum Gasteiger partial charge on any atom is -0.497 e. The fraction of sp³-hybridized carbons (Fsp3) is 0.190. The molecule has 0 radical (unpaired) electrons. The highest BCUT2D eigenvalue weighted by molar-refractivity contribution is 9.10. The maximum Gasteiger partial charge on any atom is 0.338 e. The van der Waals surface area contributed by atoms with Gasteiger partial charge in [0.25, 0.3) is 0 Å². The van der Waals surface area contributed by atoms with Crippen molar-refractivity contribution < 1.29 is 18.7 Å². The molecule has 4 rings (SSSR count). The molecule has 1 aromatic heterocycles. The Bertz CT molecular complexity index is 1240. The highest BCUT2D eigenvalue weighted by Crippen LogP contribution is 2.37. The summed E-state index contributed by atoms with van der Waals surface area (Å²) in [5.74, 6) is 0.352. The molecule has 1 aliphatic heterocycles. The SMILES string of the molecule is COC(=O)C1=C(CBr)NC(c2nc3ccc(OC)cc3s2)=N[C@@H]1c1ccc(F)cc1Br. The average molecular weight is 569 g/mol. The van der Waals surface area contributed by atoms with Gasteiger partial charge in [-0.05, 0) is 35.9 Å². The molecule has 0 saturated heterocycles. The van der Waals surface area contributed by atoms with Crippen molar-refractivity contribution in [3.63, 3.8) is 0 Å². The maximum absolute atomic E-state index is 13.7. The van der Waals surface area contributed by atoms with Crippen LogP contribution in [0.4, 0.5) is 4.39 Å². The maximum atomic E-state index is 13.7. The van der Waals surface area contributed by atoms with Crippen LogP contribution in [0.1, 0.15) is 16.6 Å². The Kier molecular flexibility index (Phi) is 6.40. The summed E-state index contributed by atoms with van der Waals surface area (Å²) < 4.78 is 25.4. The number of nitrogens with zero attached hydrogens (tertiary/aromatic N) is 2. The Morgan fingerprint density at radius 3 is 2.74 bits per heavy atom. The van der Waals surface area contributed by atoms with Gasteiger partial charge in [0.05, 0.1) is 30.0 Å². The number of nitrogens with one attached hydrogen (secondary N) is 1. The van der Waals surface area contributed by atoms with E-state index < -0.39 is 17.8 Å². The Hall–Kier alpha value is -2.30. The predicted molar refractivity (Wildman–Crippen MR) is 126 cm³/mol. The summed E-state index contributed by atoms with van der Waals surface area (Å²) in [5.41, 5.74) is 2.41. The molecule has 0 saturated carbocycles. The van der Waals surface area contributed by atoms with Crippen LogP contribution < -0.4 is 10.1 Å². The molecule has 1 atom stereocenters. The molecule has 2 heterocycles. The van der Waals surface area contributed by atoms with Crippen molar-refractivity contribution >= 4 is 65.2 Å². The molecule has 0 spiro atoms. The summed E-state index contributed by atoms with van der Waals surface area (Å²) in [5, 5.41) is 4.24. The number of rotatable bonds is 5. The van der Waals surface area contributed by atoms with E-state index in [4.69, 9.17) is 14.5 Å². The van der Waals surface area contributed by atoms with Crippen molar-refractivity contribution in [2.45, 2.75) is 6.04 Å². The molecular weight excluding hydrogens is 553 g/mol. The highest BCUT2D eigenvalue weighted by atomic mass is 79.9. The summed E-state index contributed by atoms with van der Waals surface area (Å²) in [6, 6.07) is 9.23. The normalized spacial score (nSPS) is 16.2. The van der Waals surface area contributed by atoms with E-state index in [1.165, 1.54) is 30.6 Å². The third-order valence-electron chi connectivity index (χ3n) is 4.72. The van der Waals surface area contributed by atoms with Crippen LogP contribution in [-0.4, -0.2) is 36.3 Å². The number of halogens is 3. The van der Waals surface area contributed by atoms with Gasteiger partial charge in [-0.3, -0.25) is 4.99 Å². The lowest BCUT2D eigenvalue weighted by Gasteiger charge is -2.26. The van der Waals surface area contributed by atoms with E-state index >= 15 is 0 Å². The number of methoxy groups -OCH3 is 2. The smallest absolute Gasteiger partial charge is 0.338 e. The van der Waals surface area contributed by atoms with E-state index in [9.17, 15) is 9.18 Å². The Balaban J connectivity index is 1.86. The van der Waals surface area contributed by atoms with Crippen molar-refractivity contribution in [3.05, 3.63) is 68.5 Å². The van der Waals surface area contributed by atoms with Crippen LogP contribution in [0.3, 0.4) is 0 Å². The van der Waals surface area contributed by atoms with Gasteiger partial charge < -0.3 is 14.8 Å². The molecule has 0 amide bonds. The second-order valence-corrected chi connectivity index (χ2v) is 8.99. The number of thiazole rings is 1. The van der Waals surface area contributed by atoms with E-state index in [2.05, 4.69) is 42.2 Å². The fourth-order valence-electron chi connectivity index (χ4n) is 3.24. The molecule has 160 valence electrons. The summed E-state index contributed by atoms with van der Waals surface area (Å²) in [7, 11) is 2.93. The molecule has 0 unspecified atom stereocenters. The largest absolute Gasteiger partial charge is 0.497 e. The van der Waals surface area contributed by atoms with Crippen LogP contribution in [0.15, 0.2) is 57.1 Å². The minimum atomic E-state index is -0.701. The number of ether oxygens (including phenoxy) is 2. The predicted octanol–water partition coefficient (Wildman–Crippen LogP) is 5.12. The van der Waals surface area contributed by atoms with Crippen LogP contribution in [0, 0.1) is 5.82 Å². The van der Waals surface area contributed by atoms with Gasteiger partial charge in [-0.1, -0.05) is 37.9 Å². The lowest BCUT2D eigenvalue weighted by Crippen LogP contribution is -2.34. The number of allylic oxidation sites excluding steroid dienone is 1. The first-order valence-electron chi connectivity index (χ1n) is 9.07. The molecule has 2 aromatic carbocycles. The molecule has 1 aliphatic rings. The molecule has 1 N–H and O–H groups in total. The van der Waals surface area contributed by atoms with Crippen molar-refractivity contribution in [1.29, 1.82) is 0 Å². The van der Waals surface area contributed by atoms with Crippen LogP contribution in [0.25, 0.3) is 10.2 Å². The second-order valence-electron chi connectivity index (χ2n) is 6.54. The molecular formula is C21H16Br2FN3O3S. The van der Waals surface area contributed by atoms with Gasteiger partial charge in [0, 0.05) is 15.5 Å². The number of aliphatic imine (C=N–C) groups is 1. The quantitative estimate of drug-likeness (QED) is 0.342. The summed E-state index contributed by atoms with van der Waals surface area (Å²) >= 11 is 8.30. The zero-order valence-corrected chi connectivity index (χ0v) is 20.4. The van der Waals surface area contributed by atoms with Crippen LogP contribution in [-0.2, 0) is 9.53 Å². The lowest BCUT2D eigenvalue weighted by atomic mass is 9.96. The highest BCUT2D eigenvalue weighted by Gasteiger charge is 2.33. The second kappa shape index (κ2) is 9.05. The Morgan fingerprint density at radius 2 is 2.06 bits per heavy atom. The number of alkyl halides is 1. The summed E-state index contributed by atoms with van der Waals surface area (Å²) in [6.45, 7) is 0. The standard InChI is InChI=1S/C21H16Br2FN3O3S/c1-29-11-4-6-14-16(8-11)31-20(26-14)19-25-15(9-22)17(21(28)30-2)18(27-19)12-5-3-10(24)7-13(12)23/h3-8,18H,9H2,1-2H3,(H,25,27)/t18-/m1/s1. The average Bonchev–Trinajstić information content (AvgIpc) is 3.21. The molecule has 31 heavy (non-hydrogen) atoms. The number of carbonyl (C=O) groups is 1. The van der Waals surface area contributed by atoms with Crippen LogP contribution in [0.2, 0.25) is 0 Å². The summed E-state index contributed by atoms with van der Waals surface area (Å²) in [6.07, 6.45) is 0. The number of fused-ring (bicyclic) bond motifs is 1. The Labute approximate surface area is 198 Å². The molecule has 0 bridgehead atoms. The van der Waals surface area contributed by atoms with Gasteiger partial charge in [0.15, 0.2) is 10.8 Å².